The zero-order valence-corrected chi connectivity index (χ0v) is 15.9. The van der Waals surface area contributed by atoms with Gasteiger partial charge in [-0.05, 0) is 42.3 Å². The predicted octanol–water partition coefficient (Wildman–Crippen LogP) is 2.66. The Hall–Kier alpha value is -2.77. The SMILES string of the molecule is C[C@]1(Cc2ccc3c(c2)OCO3)NC(=O)N(C[C@H](O)c2ccc(Cl)cc2)C1=O. The maximum Gasteiger partial charge on any atom is 0.325 e. The van der Waals surface area contributed by atoms with Gasteiger partial charge in [-0.15, -0.1) is 0 Å². The fraction of sp³-hybridized carbons (Fsp3) is 0.300. The van der Waals surface area contributed by atoms with E-state index >= 15 is 0 Å². The third-order valence-electron chi connectivity index (χ3n) is 4.95. The van der Waals surface area contributed by atoms with Crippen molar-refractivity contribution in [3.8, 4) is 11.5 Å². The minimum atomic E-state index is -1.11. The maximum atomic E-state index is 13.0. The number of imide groups is 1. The van der Waals surface area contributed by atoms with E-state index < -0.39 is 17.7 Å². The predicted molar refractivity (Wildman–Crippen MR) is 101 cm³/mol. The van der Waals surface area contributed by atoms with Crippen LogP contribution < -0.4 is 14.8 Å². The first-order valence-corrected chi connectivity index (χ1v) is 9.20. The lowest BCUT2D eigenvalue weighted by Gasteiger charge is -2.23. The molecule has 8 heteroatoms. The molecule has 1 fully saturated rings. The number of aliphatic hydroxyl groups is 1. The first-order valence-electron chi connectivity index (χ1n) is 8.82. The van der Waals surface area contributed by atoms with E-state index in [1.54, 1.807) is 43.3 Å². The van der Waals surface area contributed by atoms with Crippen molar-refractivity contribution in [3.63, 3.8) is 0 Å². The van der Waals surface area contributed by atoms with Gasteiger partial charge in [-0.3, -0.25) is 9.69 Å². The summed E-state index contributed by atoms with van der Waals surface area (Å²) >= 11 is 5.86. The van der Waals surface area contributed by atoms with Gasteiger partial charge in [0, 0.05) is 11.4 Å². The van der Waals surface area contributed by atoms with Crippen molar-refractivity contribution >= 4 is 23.5 Å². The van der Waals surface area contributed by atoms with E-state index in [0.717, 1.165) is 10.5 Å². The van der Waals surface area contributed by atoms with Crippen LogP contribution in [-0.4, -0.2) is 40.8 Å². The molecule has 146 valence electrons. The molecule has 4 rings (SSSR count). The number of amides is 3. The van der Waals surface area contributed by atoms with Crippen LogP contribution in [0.3, 0.4) is 0 Å². The summed E-state index contributed by atoms with van der Waals surface area (Å²) in [7, 11) is 0. The second-order valence-corrected chi connectivity index (χ2v) is 7.55. The number of hydrogen-bond acceptors (Lipinski definition) is 5. The van der Waals surface area contributed by atoms with Crippen molar-refractivity contribution in [2.75, 3.05) is 13.3 Å². The van der Waals surface area contributed by atoms with Crippen molar-refractivity contribution < 1.29 is 24.2 Å². The third kappa shape index (κ3) is 3.39. The Balaban J connectivity index is 1.48. The van der Waals surface area contributed by atoms with Crippen molar-refractivity contribution in [1.82, 2.24) is 10.2 Å². The van der Waals surface area contributed by atoms with Crippen molar-refractivity contribution in [3.05, 3.63) is 58.6 Å². The molecule has 0 bridgehead atoms. The van der Waals surface area contributed by atoms with Gasteiger partial charge in [0.15, 0.2) is 11.5 Å². The van der Waals surface area contributed by atoms with Crippen LogP contribution in [0.1, 0.15) is 24.2 Å². The number of nitrogens with one attached hydrogen (secondary N) is 1. The molecule has 2 aromatic rings. The highest BCUT2D eigenvalue weighted by atomic mass is 35.5. The van der Waals surface area contributed by atoms with Crippen molar-refractivity contribution in [2.24, 2.45) is 0 Å². The molecular formula is C20H19ClN2O5. The highest BCUT2D eigenvalue weighted by molar-refractivity contribution is 6.30. The smallest absolute Gasteiger partial charge is 0.325 e. The Morgan fingerprint density at radius 1 is 1.18 bits per heavy atom. The molecule has 0 aliphatic carbocycles. The lowest BCUT2D eigenvalue weighted by molar-refractivity contribution is -0.131. The largest absolute Gasteiger partial charge is 0.454 e. The number of carbonyl (C=O) groups is 2. The number of aliphatic hydroxyl groups excluding tert-OH is 1. The van der Waals surface area contributed by atoms with Crippen molar-refractivity contribution in [1.29, 1.82) is 0 Å². The summed E-state index contributed by atoms with van der Waals surface area (Å²) in [6.45, 7) is 1.71. The Labute approximate surface area is 166 Å². The Morgan fingerprint density at radius 3 is 2.64 bits per heavy atom. The summed E-state index contributed by atoms with van der Waals surface area (Å²) in [5.41, 5.74) is 0.305. The first-order chi connectivity index (χ1) is 13.4. The number of hydrogen-bond donors (Lipinski definition) is 2. The number of halogens is 1. The van der Waals surface area contributed by atoms with Gasteiger partial charge in [-0.25, -0.2) is 4.79 Å². The highest BCUT2D eigenvalue weighted by Gasteiger charge is 2.48. The molecule has 2 heterocycles. The molecule has 3 amide bonds. The average molecular weight is 403 g/mol. The van der Waals surface area contributed by atoms with Gasteiger partial charge >= 0.3 is 6.03 Å². The molecular weight excluding hydrogens is 384 g/mol. The first kappa shape index (κ1) is 18.6. The van der Waals surface area contributed by atoms with E-state index in [9.17, 15) is 14.7 Å². The molecule has 2 aliphatic heterocycles. The fourth-order valence-corrected chi connectivity index (χ4v) is 3.58. The molecule has 2 N–H and O–H groups in total. The van der Waals surface area contributed by atoms with E-state index in [0.29, 0.717) is 28.5 Å². The second kappa shape index (κ2) is 7.00. The number of urea groups is 1. The molecule has 28 heavy (non-hydrogen) atoms. The molecule has 0 radical (unpaired) electrons. The summed E-state index contributed by atoms with van der Waals surface area (Å²) in [6, 6.07) is 11.5. The summed E-state index contributed by atoms with van der Waals surface area (Å²) in [5.74, 6) is 0.888. The van der Waals surface area contributed by atoms with E-state index in [1.807, 2.05) is 6.07 Å². The summed E-state index contributed by atoms with van der Waals surface area (Å²) in [4.78, 5) is 26.4. The maximum absolute atomic E-state index is 13.0. The van der Waals surface area contributed by atoms with E-state index in [-0.39, 0.29) is 19.2 Å². The third-order valence-corrected chi connectivity index (χ3v) is 5.20. The van der Waals surface area contributed by atoms with Gasteiger partial charge in [0.25, 0.3) is 5.91 Å². The van der Waals surface area contributed by atoms with Gasteiger partial charge in [0.2, 0.25) is 6.79 Å². The van der Waals surface area contributed by atoms with E-state index in [4.69, 9.17) is 21.1 Å². The van der Waals surface area contributed by atoms with E-state index in [2.05, 4.69) is 5.32 Å². The van der Waals surface area contributed by atoms with Gasteiger partial charge in [-0.2, -0.15) is 0 Å². The second-order valence-electron chi connectivity index (χ2n) is 7.11. The monoisotopic (exact) mass is 402 g/mol. The average Bonchev–Trinajstić information content (AvgIpc) is 3.20. The van der Waals surface area contributed by atoms with Crippen LogP contribution in [0.4, 0.5) is 4.79 Å². The molecule has 2 atom stereocenters. The van der Waals surface area contributed by atoms with Gasteiger partial charge < -0.3 is 19.9 Å². The van der Waals surface area contributed by atoms with Crippen LogP contribution in [0, 0.1) is 0 Å². The van der Waals surface area contributed by atoms with Crippen LogP contribution >= 0.6 is 11.6 Å². The minimum Gasteiger partial charge on any atom is -0.454 e. The minimum absolute atomic E-state index is 0.136. The quantitative estimate of drug-likeness (QED) is 0.751. The Morgan fingerprint density at radius 2 is 1.89 bits per heavy atom. The number of carbonyl (C=O) groups excluding carboxylic acids is 2. The van der Waals surface area contributed by atoms with Gasteiger partial charge in [0.1, 0.15) is 5.54 Å². The van der Waals surface area contributed by atoms with Crippen LogP contribution in [0.15, 0.2) is 42.5 Å². The molecule has 0 saturated carbocycles. The number of ether oxygens (including phenoxy) is 2. The zero-order chi connectivity index (χ0) is 19.9. The molecule has 7 nitrogen and oxygen atoms in total. The molecule has 2 aromatic carbocycles. The lowest BCUT2D eigenvalue weighted by atomic mass is 9.92. The van der Waals surface area contributed by atoms with Gasteiger partial charge in [-0.1, -0.05) is 29.8 Å². The molecule has 0 unspecified atom stereocenters. The Bertz CT molecular complexity index is 933. The van der Waals surface area contributed by atoms with Crippen LogP contribution in [0.2, 0.25) is 5.02 Å². The molecule has 0 aromatic heterocycles. The number of fused-ring (bicyclic) bond motifs is 1. The summed E-state index contributed by atoms with van der Waals surface area (Å²) in [5, 5.41) is 13.7. The lowest BCUT2D eigenvalue weighted by Crippen LogP contribution is -2.46. The Kier molecular flexibility index (Phi) is 4.64. The van der Waals surface area contributed by atoms with Crippen molar-refractivity contribution in [2.45, 2.75) is 25.0 Å². The van der Waals surface area contributed by atoms with Gasteiger partial charge in [0.05, 0.1) is 12.6 Å². The summed E-state index contributed by atoms with van der Waals surface area (Å²) in [6.07, 6.45) is -0.707. The molecule has 0 spiro atoms. The molecule has 2 aliphatic rings. The van der Waals surface area contributed by atoms with Crippen LogP contribution in [-0.2, 0) is 11.2 Å². The number of rotatable bonds is 5. The number of nitrogens with zero attached hydrogens (tertiary/aromatic N) is 1. The molecule has 1 saturated heterocycles. The summed E-state index contributed by atoms with van der Waals surface area (Å²) < 4.78 is 10.7. The highest BCUT2D eigenvalue weighted by Crippen LogP contribution is 2.34. The topological polar surface area (TPSA) is 88.1 Å². The standard InChI is InChI=1S/C20H19ClN2O5/c1-20(9-12-2-7-16-17(8-12)28-11-27-16)18(25)23(19(26)22-20)10-15(24)13-3-5-14(21)6-4-13/h2-8,15,24H,9-11H2,1H3,(H,22,26)/t15-,20+/m0/s1. The zero-order valence-electron chi connectivity index (χ0n) is 15.1. The normalized spacial score (nSPS) is 21.8. The van der Waals surface area contributed by atoms with Crippen LogP contribution in [0.5, 0.6) is 11.5 Å². The fourth-order valence-electron chi connectivity index (χ4n) is 3.46. The van der Waals surface area contributed by atoms with Crippen LogP contribution in [0.25, 0.3) is 0 Å². The number of benzene rings is 2. The number of β-amino-alcohol motifs (C(OH)–C–C–N with tert-alkyl or cyclic N) is 1. The van der Waals surface area contributed by atoms with E-state index in [1.165, 1.54) is 0 Å².